The fourth-order valence-corrected chi connectivity index (χ4v) is 3.61. The minimum absolute atomic E-state index is 0.0672. The van der Waals surface area contributed by atoms with Crippen molar-refractivity contribution < 1.29 is 14.7 Å². The fourth-order valence-electron chi connectivity index (χ4n) is 3.25. The predicted octanol–water partition coefficient (Wildman–Crippen LogP) is 1.92. The van der Waals surface area contributed by atoms with Crippen molar-refractivity contribution in [3.8, 4) is 0 Å². The maximum atomic E-state index is 12.5. The van der Waals surface area contributed by atoms with E-state index in [1.807, 2.05) is 0 Å². The van der Waals surface area contributed by atoms with Gasteiger partial charge in [0.05, 0.1) is 11.5 Å². The highest BCUT2D eigenvalue weighted by Gasteiger charge is 2.51. The average Bonchev–Trinajstić information content (AvgIpc) is 2.95. The fraction of sp³-hybridized carbons (Fsp3) is 0.462. The number of hydrogen-bond acceptors (Lipinski definition) is 3. The molecule has 2 bridgehead atoms. The molecule has 5 nitrogen and oxygen atoms in total. The SMILES string of the molecule is O=C(O)C1CC2CCC1N2C(=O)c1cncc(Br)c1. The van der Waals surface area contributed by atoms with E-state index in [0.29, 0.717) is 12.0 Å². The van der Waals surface area contributed by atoms with Crippen molar-refractivity contribution >= 4 is 27.8 Å². The highest BCUT2D eigenvalue weighted by atomic mass is 79.9. The summed E-state index contributed by atoms with van der Waals surface area (Å²) in [4.78, 5) is 29.4. The maximum Gasteiger partial charge on any atom is 0.308 e. The third-order valence-corrected chi connectivity index (χ3v) is 4.47. The van der Waals surface area contributed by atoms with Crippen molar-refractivity contribution in [2.45, 2.75) is 31.3 Å². The minimum atomic E-state index is -0.794. The predicted molar refractivity (Wildman–Crippen MR) is 70.7 cm³/mol. The standard InChI is InChI=1S/C13H13BrN2O3/c14-8-3-7(5-15-6-8)12(17)16-9-1-2-11(16)10(4-9)13(18)19/h3,5-6,9-11H,1-2,4H2,(H,18,19). The molecule has 2 aliphatic rings. The molecule has 0 saturated carbocycles. The number of aliphatic carboxylic acids is 1. The Morgan fingerprint density at radius 3 is 2.79 bits per heavy atom. The number of rotatable bonds is 2. The highest BCUT2D eigenvalue weighted by molar-refractivity contribution is 9.10. The Morgan fingerprint density at radius 2 is 2.16 bits per heavy atom. The quantitative estimate of drug-likeness (QED) is 0.902. The first-order valence-electron chi connectivity index (χ1n) is 6.24. The van der Waals surface area contributed by atoms with Gasteiger partial charge in [-0.25, -0.2) is 0 Å². The van der Waals surface area contributed by atoms with Gasteiger partial charge in [0, 0.05) is 29.0 Å². The number of nitrogens with zero attached hydrogens (tertiary/aromatic N) is 2. The molecule has 3 unspecified atom stereocenters. The van der Waals surface area contributed by atoms with Gasteiger partial charge < -0.3 is 10.0 Å². The smallest absolute Gasteiger partial charge is 0.308 e. The molecule has 19 heavy (non-hydrogen) atoms. The summed E-state index contributed by atoms with van der Waals surface area (Å²) in [5, 5.41) is 9.19. The molecule has 1 N–H and O–H groups in total. The van der Waals surface area contributed by atoms with Crippen LogP contribution in [0.2, 0.25) is 0 Å². The highest BCUT2D eigenvalue weighted by Crippen LogP contribution is 2.42. The molecule has 6 heteroatoms. The third kappa shape index (κ3) is 2.04. The van der Waals surface area contributed by atoms with Gasteiger partial charge >= 0.3 is 5.97 Å². The molecule has 0 aliphatic carbocycles. The number of fused-ring (bicyclic) bond motifs is 2. The van der Waals surface area contributed by atoms with E-state index in [-0.39, 0.29) is 18.0 Å². The molecule has 2 fully saturated rings. The summed E-state index contributed by atoms with van der Waals surface area (Å²) in [5.74, 6) is -1.31. The van der Waals surface area contributed by atoms with Crippen molar-refractivity contribution in [1.82, 2.24) is 9.88 Å². The van der Waals surface area contributed by atoms with E-state index in [1.165, 1.54) is 6.20 Å². The molecule has 1 aromatic rings. The Balaban J connectivity index is 1.87. The van der Waals surface area contributed by atoms with Crippen LogP contribution < -0.4 is 0 Å². The number of hydrogen-bond donors (Lipinski definition) is 1. The van der Waals surface area contributed by atoms with Crippen molar-refractivity contribution in [1.29, 1.82) is 0 Å². The molecule has 2 saturated heterocycles. The minimum Gasteiger partial charge on any atom is -0.481 e. The van der Waals surface area contributed by atoms with Crippen molar-refractivity contribution in [2.75, 3.05) is 0 Å². The summed E-state index contributed by atoms with van der Waals surface area (Å²) in [7, 11) is 0. The normalized spacial score (nSPS) is 28.7. The molecule has 1 aromatic heterocycles. The van der Waals surface area contributed by atoms with E-state index in [4.69, 9.17) is 0 Å². The first kappa shape index (κ1) is 12.6. The number of carboxylic acid groups (broad SMARTS) is 1. The number of carboxylic acids is 1. The van der Waals surface area contributed by atoms with E-state index in [0.717, 1.165) is 17.3 Å². The van der Waals surface area contributed by atoms with Crippen LogP contribution in [0.5, 0.6) is 0 Å². The van der Waals surface area contributed by atoms with E-state index in [2.05, 4.69) is 20.9 Å². The molecule has 3 rings (SSSR count). The molecule has 0 spiro atoms. The second kappa shape index (κ2) is 4.59. The summed E-state index contributed by atoms with van der Waals surface area (Å²) < 4.78 is 0.750. The number of halogens is 1. The van der Waals surface area contributed by atoms with Gasteiger partial charge in [-0.2, -0.15) is 0 Å². The Morgan fingerprint density at radius 1 is 1.37 bits per heavy atom. The zero-order valence-electron chi connectivity index (χ0n) is 10.1. The van der Waals surface area contributed by atoms with E-state index >= 15 is 0 Å². The van der Waals surface area contributed by atoms with Crippen molar-refractivity contribution in [3.05, 3.63) is 28.5 Å². The lowest BCUT2D eigenvalue weighted by Gasteiger charge is -2.23. The number of pyridine rings is 1. The number of aromatic nitrogens is 1. The summed E-state index contributed by atoms with van der Waals surface area (Å²) in [6.45, 7) is 0. The van der Waals surface area contributed by atoms with Crippen LogP contribution in [0.15, 0.2) is 22.9 Å². The monoisotopic (exact) mass is 324 g/mol. The first-order valence-corrected chi connectivity index (χ1v) is 7.03. The molecule has 3 atom stereocenters. The molecular weight excluding hydrogens is 312 g/mol. The Kier molecular flexibility index (Phi) is 3.05. The lowest BCUT2D eigenvalue weighted by Crippen LogP contribution is -2.37. The molecule has 3 heterocycles. The van der Waals surface area contributed by atoms with Crippen molar-refractivity contribution in [3.63, 3.8) is 0 Å². The van der Waals surface area contributed by atoms with Crippen LogP contribution in [0.4, 0.5) is 0 Å². The summed E-state index contributed by atoms with van der Waals surface area (Å²) in [5.41, 5.74) is 0.511. The van der Waals surface area contributed by atoms with Gasteiger partial charge in [-0.1, -0.05) is 0 Å². The van der Waals surface area contributed by atoms with E-state index in [1.54, 1.807) is 17.2 Å². The Bertz CT molecular complexity index is 548. The van der Waals surface area contributed by atoms with Crippen LogP contribution in [0.1, 0.15) is 29.6 Å². The zero-order valence-corrected chi connectivity index (χ0v) is 11.7. The van der Waals surface area contributed by atoms with Gasteiger partial charge in [-0.05, 0) is 41.3 Å². The maximum absolute atomic E-state index is 12.5. The van der Waals surface area contributed by atoms with Crippen LogP contribution >= 0.6 is 15.9 Å². The van der Waals surface area contributed by atoms with Gasteiger partial charge in [-0.15, -0.1) is 0 Å². The average molecular weight is 325 g/mol. The lowest BCUT2D eigenvalue weighted by atomic mass is 9.89. The molecule has 0 radical (unpaired) electrons. The third-order valence-electron chi connectivity index (χ3n) is 4.04. The van der Waals surface area contributed by atoms with Crippen LogP contribution in [0.3, 0.4) is 0 Å². The Labute approximate surface area is 118 Å². The van der Waals surface area contributed by atoms with Gasteiger partial charge in [-0.3, -0.25) is 14.6 Å². The number of carbonyl (C=O) groups excluding carboxylic acids is 1. The number of amides is 1. The van der Waals surface area contributed by atoms with Gasteiger partial charge in [0.2, 0.25) is 0 Å². The van der Waals surface area contributed by atoms with Crippen LogP contribution in [-0.4, -0.2) is 39.0 Å². The summed E-state index contributed by atoms with van der Waals surface area (Å²) in [6.07, 6.45) is 5.42. The van der Waals surface area contributed by atoms with Gasteiger partial charge in [0.25, 0.3) is 5.91 Å². The first-order chi connectivity index (χ1) is 9.08. The Hall–Kier alpha value is -1.43. The summed E-state index contributed by atoms with van der Waals surface area (Å²) in [6, 6.07) is 1.63. The second-order valence-corrected chi connectivity index (χ2v) is 6.00. The lowest BCUT2D eigenvalue weighted by molar-refractivity contribution is -0.142. The zero-order chi connectivity index (χ0) is 13.6. The second-order valence-electron chi connectivity index (χ2n) is 5.08. The molecule has 1 amide bonds. The molecule has 2 aliphatic heterocycles. The topological polar surface area (TPSA) is 70.5 Å². The van der Waals surface area contributed by atoms with Crippen LogP contribution in [0.25, 0.3) is 0 Å². The molecule has 100 valence electrons. The number of carbonyl (C=O) groups is 2. The van der Waals surface area contributed by atoms with E-state index < -0.39 is 11.9 Å². The summed E-state index contributed by atoms with van der Waals surface area (Å²) >= 11 is 3.29. The van der Waals surface area contributed by atoms with Gasteiger partial charge in [0.15, 0.2) is 0 Å². The largest absolute Gasteiger partial charge is 0.481 e. The van der Waals surface area contributed by atoms with Crippen molar-refractivity contribution in [2.24, 2.45) is 5.92 Å². The molecular formula is C13H13BrN2O3. The van der Waals surface area contributed by atoms with Crippen LogP contribution in [0, 0.1) is 5.92 Å². The van der Waals surface area contributed by atoms with E-state index in [9.17, 15) is 14.7 Å². The van der Waals surface area contributed by atoms with Gasteiger partial charge in [0.1, 0.15) is 0 Å². The molecule has 0 aromatic carbocycles. The van der Waals surface area contributed by atoms with Crippen LogP contribution in [-0.2, 0) is 4.79 Å².